The van der Waals surface area contributed by atoms with E-state index >= 15 is 0 Å². The Hall–Kier alpha value is -2.67. The Morgan fingerprint density at radius 2 is 1.96 bits per heavy atom. The van der Waals surface area contributed by atoms with Crippen molar-refractivity contribution in [3.8, 4) is 11.5 Å². The molecule has 1 aromatic heterocycles. The third-order valence-electron chi connectivity index (χ3n) is 4.31. The second-order valence-electron chi connectivity index (χ2n) is 6.29. The monoisotopic (exact) mass is 359 g/mol. The van der Waals surface area contributed by atoms with Gasteiger partial charge in [-0.25, -0.2) is 10.5 Å². The van der Waals surface area contributed by atoms with Crippen molar-refractivity contribution in [1.82, 2.24) is 15.8 Å². The molecule has 0 aliphatic rings. The number of hydroxylamine groups is 1. The highest BCUT2D eigenvalue weighted by Gasteiger charge is 2.25. The highest BCUT2D eigenvalue weighted by atomic mass is 16.5. The molecule has 2 rings (SSSR count). The Morgan fingerprint density at radius 1 is 1.27 bits per heavy atom. The zero-order valence-corrected chi connectivity index (χ0v) is 15.3. The first-order chi connectivity index (χ1) is 12.5. The van der Waals surface area contributed by atoms with Crippen LogP contribution in [0.3, 0.4) is 0 Å². The van der Waals surface area contributed by atoms with Gasteiger partial charge in [-0.2, -0.15) is 0 Å². The topological polar surface area (TPSA) is 104 Å². The van der Waals surface area contributed by atoms with Crippen molar-refractivity contribution in [2.75, 3.05) is 0 Å². The molecular formula is C19H25N3O4. The Morgan fingerprint density at radius 3 is 2.58 bits per heavy atom. The van der Waals surface area contributed by atoms with Gasteiger partial charge in [0, 0.05) is 11.6 Å². The van der Waals surface area contributed by atoms with Gasteiger partial charge in [0.25, 0.3) is 0 Å². The molecule has 2 atom stereocenters. The van der Waals surface area contributed by atoms with E-state index in [1.165, 1.54) is 0 Å². The van der Waals surface area contributed by atoms with E-state index in [-0.39, 0.29) is 18.4 Å². The lowest BCUT2D eigenvalue weighted by Gasteiger charge is -2.23. The molecule has 140 valence electrons. The maximum Gasteiger partial charge on any atom is 0.248 e. The standard InChI is InChI=1S/C19H25N3O4/c1-4-8-15(12(2)18(24)22-25)20-17(23)11-16-13(3)26-19(21-16)14-9-6-5-7-10-14/h5-7,9-10,12,15,25H,4,8,11H2,1-3H3,(H,20,23)(H,22,24). The summed E-state index contributed by atoms with van der Waals surface area (Å²) in [5, 5.41) is 11.7. The molecule has 7 nitrogen and oxygen atoms in total. The predicted octanol–water partition coefficient (Wildman–Crippen LogP) is 2.62. The predicted molar refractivity (Wildman–Crippen MR) is 96.3 cm³/mol. The van der Waals surface area contributed by atoms with E-state index in [1.54, 1.807) is 19.3 Å². The van der Waals surface area contributed by atoms with Gasteiger partial charge in [-0.1, -0.05) is 38.5 Å². The largest absolute Gasteiger partial charge is 0.441 e. The maximum absolute atomic E-state index is 12.4. The zero-order chi connectivity index (χ0) is 19.1. The van der Waals surface area contributed by atoms with Crippen molar-refractivity contribution in [2.24, 2.45) is 5.92 Å². The normalized spacial score (nSPS) is 13.1. The van der Waals surface area contributed by atoms with Crippen LogP contribution in [0.1, 0.15) is 38.1 Å². The summed E-state index contributed by atoms with van der Waals surface area (Å²) in [6, 6.07) is 9.11. The van der Waals surface area contributed by atoms with Gasteiger partial charge in [-0.3, -0.25) is 14.8 Å². The summed E-state index contributed by atoms with van der Waals surface area (Å²) in [5.74, 6) is -0.233. The molecule has 3 N–H and O–H groups in total. The number of amides is 2. The summed E-state index contributed by atoms with van der Waals surface area (Å²) in [6.45, 7) is 5.41. The number of aryl methyl sites for hydroxylation is 1. The van der Waals surface area contributed by atoms with E-state index in [0.717, 1.165) is 12.0 Å². The summed E-state index contributed by atoms with van der Waals surface area (Å²) in [7, 11) is 0. The summed E-state index contributed by atoms with van der Waals surface area (Å²) in [4.78, 5) is 28.5. The summed E-state index contributed by atoms with van der Waals surface area (Å²) < 4.78 is 5.67. The highest BCUT2D eigenvalue weighted by molar-refractivity contribution is 5.81. The molecule has 2 aromatic rings. The summed E-state index contributed by atoms with van der Waals surface area (Å²) in [5.41, 5.74) is 3.05. The molecule has 7 heteroatoms. The minimum Gasteiger partial charge on any atom is -0.441 e. The Bertz CT molecular complexity index is 742. The van der Waals surface area contributed by atoms with Crippen LogP contribution in [-0.2, 0) is 16.0 Å². The van der Waals surface area contributed by atoms with Crippen LogP contribution in [0.25, 0.3) is 11.5 Å². The lowest BCUT2D eigenvalue weighted by molar-refractivity contribution is -0.134. The van der Waals surface area contributed by atoms with Crippen LogP contribution < -0.4 is 10.8 Å². The minimum absolute atomic E-state index is 0.0653. The number of carbonyl (C=O) groups is 2. The number of carbonyl (C=O) groups excluding carboxylic acids is 2. The summed E-state index contributed by atoms with van der Waals surface area (Å²) >= 11 is 0. The van der Waals surface area contributed by atoms with Crippen LogP contribution in [0.15, 0.2) is 34.7 Å². The lowest BCUT2D eigenvalue weighted by Crippen LogP contribution is -2.45. The fraction of sp³-hybridized carbons (Fsp3) is 0.421. The number of benzene rings is 1. The second-order valence-corrected chi connectivity index (χ2v) is 6.29. The maximum atomic E-state index is 12.4. The quantitative estimate of drug-likeness (QED) is 0.496. The number of nitrogens with zero attached hydrogens (tertiary/aromatic N) is 1. The summed E-state index contributed by atoms with van der Waals surface area (Å²) in [6.07, 6.45) is 1.50. The molecule has 0 aliphatic carbocycles. The van der Waals surface area contributed by atoms with E-state index in [1.807, 2.05) is 37.3 Å². The number of rotatable bonds is 8. The van der Waals surface area contributed by atoms with Crippen molar-refractivity contribution in [1.29, 1.82) is 0 Å². The van der Waals surface area contributed by atoms with Crippen molar-refractivity contribution in [3.63, 3.8) is 0 Å². The number of hydrogen-bond acceptors (Lipinski definition) is 5. The molecule has 2 unspecified atom stereocenters. The third-order valence-corrected chi connectivity index (χ3v) is 4.31. The second kappa shape index (κ2) is 9.15. The molecule has 0 spiro atoms. The molecule has 0 aliphatic heterocycles. The van der Waals surface area contributed by atoms with Gasteiger partial charge in [0.1, 0.15) is 5.76 Å². The van der Waals surface area contributed by atoms with Crippen LogP contribution in [0.2, 0.25) is 0 Å². The van der Waals surface area contributed by atoms with Gasteiger partial charge in [-0.05, 0) is 25.5 Å². The van der Waals surface area contributed by atoms with E-state index in [2.05, 4.69) is 10.3 Å². The number of aromatic nitrogens is 1. The molecule has 0 fully saturated rings. The first-order valence-electron chi connectivity index (χ1n) is 8.71. The smallest absolute Gasteiger partial charge is 0.248 e. The van der Waals surface area contributed by atoms with Crippen LogP contribution >= 0.6 is 0 Å². The van der Waals surface area contributed by atoms with Crippen molar-refractivity contribution in [2.45, 2.75) is 46.1 Å². The van der Waals surface area contributed by atoms with Gasteiger partial charge in [0.15, 0.2) is 0 Å². The van der Waals surface area contributed by atoms with Gasteiger partial charge < -0.3 is 9.73 Å². The van der Waals surface area contributed by atoms with E-state index in [4.69, 9.17) is 9.62 Å². The van der Waals surface area contributed by atoms with E-state index < -0.39 is 11.8 Å². The Labute approximate surface area is 152 Å². The van der Waals surface area contributed by atoms with E-state index in [9.17, 15) is 9.59 Å². The third kappa shape index (κ3) is 4.92. The highest BCUT2D eigenvalue weighted by Crippen LogP contribution is 2.21. The number of nitrogens with one attached hydrogen (secondary N) is 2. The number of oxazole rings is 1. The average molecular weight is 359 g/mol. The van der Waals surface area contributed by atoms with Crippen LogP contribution in [-0.4, -0.2) is 28.0 Å². The molecular weight excluding hydrogens is 334 g/mol. The SMILES string of the molecule is CCCC(NC(=O)Cc1nc(-c2ccccc2)oc1C)C(C)C(=O)NO. The van der Waals surface area contributed by atoms with Crippen LogP contribution in [0.4, 0.5) is 0 Å². The minimum atomic E-state index is -0.540. The molecule has 1 heterocycles. The Balaban J connectivity index is 2.06. The van der Waals surface area contributed by atoms with Gasteiger partial charge in [0.05, 0.1) is 18.0 Å². The van der Waals surface area contributed by atoms with E-state index in [0.29, 0.717) is 23.8 Å². The zero-order valence-electron chi connectivity index (χ0n) is 15.3. The van der Waals surface area contributed by atoms with Gasteiger partial charge in [0.2, 0.25) is 17.7 Å². The first-order valence-corrected chi connectivity index (χ1v) is 8.71. The molecule has 0 bridgehead atoms. The van der Waals surface area contributed by atoms with Crippen molar-refractivity contribution >= 4 is 11.8 Å². The first kappa shape index (κ1) is 19.7. The van der Waals surface area contributed by atoms with Gasteiger partial charge >= 0.3 is 0 Å². The van der Waals surface area contributed by atoms with Crippen LogP contribution in [0, 0.1) is 12.8 Å². The average Bonchev–Trinajstić information content (AvgIpc) is 3.01. The van der Waals surface area contributed by atoms with Crippen molar-refractivity contribution < 1.29 is 19.2 Å². The van der Waals surface area contributed by atoms with Crippen LogP contribution in [0.5, 0.6) is 0 Å². The lowest BCUT2D eigenvalue weighted by atomic mass is 9.96. The fourth-order valence-corrected chi connectivity index (χ4v) is 2.75. The molecule has 0 radical (unpaired) electrons. The molecule has 26 heavy (non-hydrogen) atoms. The molecule has 0 saturated carbocycles. The molecule has 2 amide bonds. The Kier molecular flexibility index (Phi) is 6.91. The fourth-order valence-electron chi connectivity index (χ4n) is 2.75. The molecule has 0 saturated heterocycles. The number of hydrogen-bond donors (Lipinski definition) is 3. The van der Waals surface area contributed by atoms with Crippen molar-refractivity contribution in [3.05, 3.63) is 41.8 Å². The molecule has 1 aromatic carbocycles. The van der Waals surface area contributed by atoms with Gasteiger partial charge in [-0.15, -0.1) is 0 Å².